The molecular formula is C66H33FN8. The van der Waals surface area contributed by atoms with Gasteiger partial charge in [-0.05, 0) is 135 Å². The van der Waals surface area contributed by atoms with Crippen molar-refractivity contribution in [2.45, 2.75) is 0 Å². The summed E-state index contributed by atoms with van der Waals surface area (Å²) in [5, 5.41) is 45.1. The molecule has 0 saturated carbocycles. The molecule has 10 aromatic carbocycles. The molecule has 0 spiro atoms. The molecule has 0 N–H and O–H groups in total. The van der Waals surface area contributed by atoms with Crippen LogP contribution in [0.4, 0.5) is 15.8 Å². The monoisotopic (exact) mass is 956 g/mol. The van der Waals surface area contributed by atoms with Crippen molar-refractivity contribution in [1.82, 2.24) is 9.13 Å². The Morgan fingerprint density at radius 2 is 0.707 bits per heavy atom. The summed E-state index contributed by atoms with van der Waals surface area (Å²) in [5.74, 6) is -0.622. The minimum atomic E-state index is -0.622. The van der Waals surface area contributed by atoms with Crippen LogP contribution in [0.5, 0.6) is 0 Å². The van der Waals surface area contributed by atoms with Gasteiger partial charge in [0, 0.05) is 27.1 Å². The first-order valence-electron chi connectivity index (χ1n) is 23.7. The summed E-state index contributed by atoms with van der Waals surface area (Å²) in [5.41, 5.74) is 13.5. The lowest BCUT2D eigenvalue weighted by atomic mass is 9.98. The zero-order valence-corrected chi connectivity index (χ0v) is 39.5. The second-order valence-corrected chi connectivity index (χ2v) is 18.1. The zero-order chi connectivity index (χ0) is 51.3. The molecular weight excluding hydrogens is 924 g/mol. The molecule has 2 aromatic heterocycles. The Morgan fingerprint density at radius 3 is 1.07 bits per heavy atom. The average molecular weight is 957 g/mol. The maximum absolute atomic E-state index is 16.8. The average Bonchev–Trinajstić information content (AvgIpc) is 3.99. The fourth-order valence-corrected chi connectivity index (χ4v) is 10.4. The molecule has 0 saturated heterocycles. The van der Waals surface area contributed by atoms with Crippen molar-refractivity contribution in [3.8, 4) is 91.3 Å². The van der Waals surface area contributed by atoms with Crippen LogP contribution >= 0.6 is 0 Å². The predicted molar refractivity (Wildman–Crippen MR) is 294 cm³/mol. The third-order valence-corrected chi connectivity index (χ3v) is 13.9. The number of rotatable bonds is 7. The van der Waals surface area contributed by atoms with Crippen molar-refractivity contribution in [3.05, 3.63) is 251 Å². The maximum atomic E-state index is 16.8. The first-order valence-corrected chi connectivity index (χ1v) is 23.7. The van der Waals surface area contributed by atoms with E-state index < -0.39 is 5.82 Å². The SMILES string of the molecule is [C-]#[N+]c1cccc(-c2ccc3c4ccc(-c5cccc([N+]#[C-])c5)cc4n(-c4cc(-c5ccc(C#N)cc5F)cc(-n5c6cc(-c7cccc(C#N)c7)ccc6c6ccc(-c7cccc(C#N)c7)cc65)c4C#N)c3c2)c1. The maximum Gasteiger partial charge on any atom is 0.187 e. The van der Waals surface area contributed by atoms with Gasteiger partial charge in [0.2, 0.25) is 0 Å². The molecule has 0 amide bonds. The first-order chi connectivity index (χ1) is 36.8. The minimum absolute atomic E-state index is 0.153. The summed E-state index contributed by atoms with van der Waals surface area (Å²) in [6.07, 6.45) is 0. The number of nitriles is 4. The zero-order valence-electron chi connectivity index (χ0n) is 39.5. The van der Waals surface area contributed by atoms with Gasteiger partial charge in [0.1, 0.15) is 17.4 Å². The van der Waals surface area contributed by atoms with E-state index in [2.05, 4.69) is 46.1 Å². The van der Waals surface area contributed by atoms with Crippen molar-refractivity contribution >= 4 is 55.0 Å². The van der Waals surface area contributed by atoms with Gasteiger partial charge in [-0.1, -0.05) is 115 Å². The summed E-state index contributed by atoms with van der Waals surface area (Å²) < 4.78 is 20.9. The van der Waals surface area contributed by atoms with Crippen LogP contribution in [-0.2, 0) is 0 Å². The molecule has 0 radical (unpaired) electrons. The summed E-state index contributed by atoms with van der Waals surface area (Å²) in [6.45, 7) is 15.5. The number of nitrogens with zero attached hydrogens (tertiary/aromatic N) is 8. The van der Waals surface area contributed by atoms with Crippen LogP contribution in [0.3, 0.4) is 0 Å². The van der Waals surface area contributed by atoms with E-state index in [1.807, 2.05) is 155 Å². The minimum Gasteiger partial charge on any atom is -0.308 e. The molecule has 12 aromatic rings. The van der Waals surface area contributed by atoms with Gasteiger partial charge >= 0.3 is 0 Å². The Bertz CT molecular complexity index is 4220. The van der Waals surface area contributed by atoms with Gasteiger partial charge in [0.05, 0.1) is 81.5 Å². The van der Waals surface area contributed by atoms with Crippen molar-refractivity contribution in [1.29, 1.82) is 21.0 Å². The predicted octanol–water partition coefficient (Wildman–Crippen LogP) is 16.9. The van der Waals surface area contributed by atoms with Crippen LogP contribution in [0.1, 0.15) is 22.3 Å². The number of fused-ring (bicyclic) bond motifs is 6. The Kier molecular flexibility index (Phi) is 10.8. The van der Waals surface area contributed by atoms with Crippen molar-refractivity contribution < 1.29 is 4.39 Å². The highest BCUT2D eigenvalue weighted by molar-refractivity contribution is 6.13. The molecule has 0 bridgehead atoms. The highest BCUT2D eigenvalue weighted by Crippen LogP contribution is 2.44. The summed E-state index contributed by atoms with van der Waals surface area (Å²) in [4.78, 5) is 7.40. The van der Waals surface area contributed by atoms with Crippen LogP contribution in [0, 0.1) is 64.3 Å². The van der Waals surface area contributed by atoms with Crippen LogP contribution < -0.4 is 0 Å². The van der Waals surface area contributed by atoms with E-state index in [0.29, 0.717) is 39.4 Å². The Hall–Kier alpha value is -11.3. The molecule has 0 unspecified atom stereocenters. The second-order valence-electron chi connectivity index (χ2n) is 18.1. The second kappa shape index (κ2) is 18.1. The van der Waals surface area contributed by atoms with Crippen LogP contribution in [0.25, 0.3) is 120 Å². The quantitative estimate of drug-likeness (QED) is 0.148. The summed E-state index contributed by atoms with van der Waals surface area (Å²) in [7, 11) is 0. The van der Waals surface area contributed by atoms with Gasteiger partial charge in [0.25, 0.3) is 0 Å². The summed E-state index contributed by atoms with van der Waals surface area (Å²) in [6, 6.07) is 71.3. The molecule has 75 heavy (non-hydrogen) atoms. The number of benzene rings is 10. The van der Waals surface area contributed by atoms with E-state index >= 15 is 4.39 Å². The topological polar surface area (TPSA) is 114 Å². The molecule has 344 valence electrons. The molecule has 9 heteroatoms. The number of hydrogen-bond donors (Lipinski definition) is 0. The van der Waals surface area contributed by atoms with Gasteiger partial charge in [-0.15, -0.1) is 0 Å². The van der Waals surface area contributed by atoms with E-state index in [4.69, 9.17) is 13.1 Å². The number of aromatic nitrogens is 2. The molecule has 0 aliphatic rings. The van der Waals surface area contributed by atoms with E-state index in [1.54, 1.807) is 36.4 Å². The fraction of sp³-hybridized carbons (Fsp3) is 0. The first kappa shape index (κ1) is 44.8. The largest absolute Gasteiger partial charge is 0.308 e. The van der Waals surface area contributed by atoms with Crippen molar-refractivity contribution in [3.63, 3.8) is 0 Å². The molecule has 0 aliphatic carbocycles. The fourth-order valence-electron chi connectivity index (χ4n) is 10.4. The van der Waals surface area contributed by atoms with Gasteiger partial charge in [-0.2, -0.15) is 21.0 Å². The lowest BCUT2D eigenvalue weighted by Gasteiger charge is -2.19. The Labute approximate surface area is 430 Å². The van der Waals surface area contributed by atoms with Crippen LogP contribution in [-0.4, -0.2) is 9.13 Å². The molecule has 0 fully saturated rings. The van der Waals surface area contributed by atoms with Gasteiger partial charge in [-0.25, -0.2) is 14.1 Å². The molecule has 12 rings (SSSR count). The smallest absolute Gasteiger partial charge is 0.187 e. The van der Waals surface area contributed by atoms with Crippen molar-refractivity contribution in [2.24, 2.45) is 0 Å². The van der Waals surface area contributed by atoms with Crippen molar-refractivity contribution in [2.75, 3.05) is 0 Å². The normalized spacial score (nSPS) is 10.9. The Balaban J connectivity index is 1.24. The lowest BCUT2D eigenvalue weighted by molar-refractivity contribution is 0.631. The van der Waals surface area contributed by atoms with Gasteiger partial charge in [-0.3, -0.25) is 0 Å². The Morgan fingerprint density at radius 1 is 0.347 bits per heavy atom. The number of hydrogen-bond acceptors (Lipinski definition) is 4. The third-order valence-electron chi connectivity index (χ3n) is 13.9. The highest BCUT2D eigenvalue weighted by Gasteiger charge is 2.25. The highest BCUT2D eigenvalue weighted by atomic mass is 19.1. The van der Waals surface area contributed by atoms with Crippen LogP contribution in [0.2, 0.25) is 0 Å². The van der Waals surface area contributed by atoms with E-state index in [9.17, 15) is 21.0 Å². The summed E-state index contributed by atoms with van der Waals surface area (Å²) >= 11 is 0. The van der Waals surface area contributed by atoms with Crippen LogP contribution in [0.15, 0.2) is 200 Å². The van der Waals surface area contributed by atoms with E-state index in [-0.39, 0.29) is 16.7 Å². The number of halogens is 1. The third kappa shape index (κ3) is 7.65. The molecule has 0 atom stereocenters. The molecule has 8 nitrogen and oxygen atoms in total. The van der Waals surface area contributed by atoms with Gasteiger partial charge < -0.3 is 9.13 Å². The van der Waals surface area contributed by atoms with E-state index in [1.165, 1.54) is 6.07 Å². The van der Waals surface area contributed by atoms with E-state index in [0.717, 1.165) is 88.1 Å². The van der Waals surface area contributed by atoms with Gasteiger partial charge in [0.15, 0.2) is 11.4 Å². The molecule has 0 aliphatic heterocycles. The molecule has 2 heterocycles. The lowest BCUT2D eigenvalue weighted by Crippen LogP contribution is -2.06. The standard InChI is InChI=1S/C66H33FN8/c1-72-52-13-5-11-45(28-52)49-18-23-57-58-24-19-50(46-12-6-14-53(29-46)73-2)33-64(58)75(63(57)32-49)66-35-51(54-20-15-42(38-70)27-60(54)67)34-65(59(66)39-71)74-61-30-47(43-9-3-7-40(25-43)36-68)16-21-55(61)56-22-17-48(31-62(56)74)44-10-4-8-41(26-44)37-69/h3-35H.